The first-order valence-electron chi connectivity index (χ1n) is 7.72. The molecule has 0 amide bonds. The molecule has 2 heterocycles. The highest BCUT2D eigenvalue weighted by Gasteiger charge is 2.30. The number of Topliss-reactive ketones (excluding diaryl/α,β-unsaturated/α-hetero) is 1. The van der Waals surface area contributed by atoms with Crippen molar-refractivity contribution in [3.63, 3.8) is 0 Å². The van der Waals surface area contributed by atoms with Crippen LogP contribution in [0.15, 0.2) is 14.7 Å². The minimum absolute atomic E-state index is 0.0282. The highest BCUT2D eigenvalue weighted by Crippen LogP contribution is 2.35. The van der Waals surface area contributed by atoms with E-state index in [2.05, 4.69) is 20.2 Å². The quantitative estimate of drug-likeness (QED) is 0.488. The molecule has 0 saturated heterocycles. The number of nitrogen functional groups attached to an aromatic ring is 1. The van der Waals surface area contributed by atoms with Gasteiger partial charge in [-0.1, -0.05) is 18.7 Å². The van der Waals surface area contributed by atoms with Crippen LogP contribution in [-0.4, -0.2) is 36.3 Å². The number of carbonyl (C=O) groups excluding carboxylic acids is 1. The van der Waals surface area contributed by atoms with E-state index in [9.17, 15) is 14.4 Å². The predicted octanol–water partition coefficient (Wildman–Crippen LogP) is 0.499. The van der Waals surface area contributed by atoms with Gasteiger partial charge in [0.2, 0.25) is 5.16 Å². The molecule has 0 aliphatic heterocycles. The molecule has 4 N–H and O–H groups in total. The molecule has 1 saturated carbocycles. The first-order valence-corrected chi connectivity index (χ1v) is 8.71. The fraction of sp³-hybridized carbons (Fsp3) is 0.500. The number of nitrogens with zero attached hydrogens (tertiary/aromatic N) is 3. The maximum absolute atomic E-state index is 12.4. The normalized spacial score (nSPS) is 14.0. The van der Waals surface area contributed by atoms with Crippen molar-refractivity contribution >= 4 is 23.4 Å². The van der Waals surface area contributed by atoms with E-state index in [0.717, 1.165) is 43.3 Å². The number of hydrogen-bond donors (Lipinski definition) is 3. The number of aromatic amines is 2. The predicted molar refractivity (Wildman–Crippen MR) is 89.4 cm³/mol. The SMILES string of the molecule is CCCc1nc(SCC(=O)c2c(N)n(C3CC3)c(=O)[nH]c2=O)n[nH]1. The Hall–Kier alpha value is -2.36. The minimum Gasteiger partial charge on any atom is -0.384 e. The second-order valence-electron chi connectivity index (χ2n) is 5.65. The summed E-state index contributed by atoms with van der Waals surface area (Å²) in [5.74, 6) is 0.222. The Bertz CT molecular complexity index is 879. The fourth-order valence-corrected chi connectivity index (χ4v) is 3.11. The number of carbonyl (C=O) groups is 1. The zero-order chi connectivity index (χ0) is 17.3. The fourth-order valence-electron chi connectivity index (χ4n) is 2.42. The third-order valence-electron chi connectivity index (χ3n) is 3.70. The third kappa shape index (κ3) is 3.28. The van der Waals surface area contributed by atoms with Crippen LogP contribution < -0.4 is 17.0 Å². The molecule has 0 unspecified atom stereocenters. The van der Waals surface area contributed by atoms with Gasteiger partial charge in [-0.05, 0) is 19.3 Å². The van der Waals surface area contributed by atoms with Gasteiger partial charge in [0.05, 0.1) is 5.75 Å². The lowest BCUT2D eigenvalue weighted by Crippen LogP contribution is -2.36. The number of aryl methyl sites for hydroxylation is 1. The molecule has 10 heteroatoms. The lowest BCUT2D eigenvalue weighted by atomic mass is 10.2. The second-order valence-corrected chi connectivity index (χ2v) is 6.59. The monoisotopic (exact) mass is 350 g/mol. The second kappa shape index (κ2) is 6.63. The van der Waals surface area contributed by atoms with Gasteiger partial charge in [-0.3, -0.25) is 24.2 Å². The first-order chi connectivity index (χ1) is 11.5. The number of rotatable bonds is 7. The zero-order valence-electron chi connectivity index (χ0n) is 13.2. The summed E-state index contributed by atoms with van der Waals surface area (Å²) in [6, 6.07) is -0.0295. The maximum atomic E-state index is 12.4. The number of aromatic nitrogens is 5. The van der Waals surface area contributed by atoms with Gasteiger partial charge < -0.3 is 5.73 Å². The van der Waals surface area contributed by atoms with E-state index in [1.165, 1.54) is 4.57 Å². The van der Waals surface area contributed by atoms with Crippen LogP contribution in [0.3, 0.4) is 0 Å². The van der Waals surface area contributed by atoms with Gasteiger partial charge in [0.15, 0.2) is 5.78 Å². The smallest absolute Gasteiger partial charge is 0.330 e. The average Bonchev–Trinajstić information content (AvgIpc) is 3.24. The van der Waals surface area contributed by atoms with E-state index >= 15 is 0 Å². The van der Waals surface area contributed by atoms with Crippen molar-refractivity contribution in [1.29, 1.82) is 0 Å². The number of ketones is 1. The Kier molecular flexibility index (Phi) is 4.56. The van der Waals surface area contributed by atoms with Gasteiger partial charge in [0.1, 0.15) is 17.2 Å². The molecule has 0 aromatic carbocycles. The van der Waals surface area contributed by atoms with Crippen molar-refractivity contribution in [2.24, 2.45) is 0 Å². The standard InChI is InChI=1S/C14H18N6O3S/c1-2-3-9-16-13(19-18-9)24-6-8(21)10-11(15)20(7-4-5-7)14(23)17-12(10)22/h7H,2-6,15H2,1H3,(H,16,18,19)(H,17,22,23). The van der Waals surface area contributed by atoms with Crippen molar-refractivity contribution in [3.05, 3.63) is 32.2 Å². The van der Waals surface area contributed by atoms with Crippen molar-refractivity contribution in [1.82, 2.24) is 24.7 Å². The van der Waals surface area contributed by atoms with Gasteiger partial charge in [0, 0.05) is 12.5 Å². The number of hydrogen-bond acceptors (Lipinski definition) is 7. The Morgan fingerprint density at radius 2 is 2.17 bits per heavy atom. The van der Waals surface area contributed by atoms with Crippen LogP contribution >= 0.6 is 11.8 Å². The number of thioether (sulfide) groups is 1. The van der Waals surface area contributed by atoms with Crippen LogP contribution in [0.2, 0.25) is 0 Å². The van der Waals surface area contributed by atoms with Crippen LogP contribution in [0, 0.1) is 0 Å². The van der Waals surface area contributed by atoms with Crippen LogP contribution in [0.25, 0.3) is 0 Å². The van der Waals surface area contributed by atoms with Crippen molar-refractivity contribution in [2.45, 2.75) is 43.8 Å². The molecule has 2 aromatic rings. The van der Waals surface area contributed by atoms with Gasteiger partial charge in [0.25, 0.3) is 5.56 Å². The molecule has 3 rings (SSSR count). The van der Waals surface area contributed by atoms with Gasteiger partial charge in [-0.2, -0.15) is 0 Å². The molecule has 1 aliphatic rings. The molecule has 1 aliphatic carbocycles. The van der Waals surface area contributed by atoms with E-state index in [-0.39, 0.29) is 23.2 Å². The van der Waals surface area contributed by atoms with E-state index < -0.39 is 17.0 Å². The van der Waals surface area contributed by atoms with Crippen LogP contribution in [-0.2, 0) is 6.42 Å². The van der Waals surface area contributed by atoms with E-state index in [1.54, 1.807) is 0 Å². The number of nitrogens with two attached hydrogens (primary N) is 1. The number of anilines is 1. The Morgan fingerprint density at radius 1 is 1.42 bits per heavy atom. The number of nitrogens with one attached hydrogen (secondary N) is 2. The summed E-state index contributed by atoms with van der Waals surface area (Å²) < 4.78 is 1.30. The van der Waals surface area contributed by atoms with E-state index in [0.29, 0.717) is 5.16 Å². The molecule has 128 valence electrons. The largest absolute Gasteiger partial charge is 0.384 e. The minimum atomic E-state index is -0.748. The van der Waals surface area contributed by atoms with Gasteiger partial charge >= 0.3 is 5.69 Å². The van der Waals surface area contributed by atoms with Gasteiger partial charge in [-0.15, -0.1) is 5.10 Å². The van der Waals surface area contributed by atoms with Crippen LogP contribution in [0.1, 0.15) is 48.4 Å². The summed E-state index contributed by atoms with van der Waals surface area (Å²) in [5, 5.41) is 7.26. The summed E-state index contributed by atoms with van der Waals surface area (Å²) in [5.41, 5.74) is 4.43. The lowest BCUT2D eigenvalue weighted by molar-refractivity contribution is 0.102. The van der Waals surface area contributed by atoms with Crippen molar-refractivity contribution in [3.8, 4) is 0 Å². The molecule has 0 atom stereocenters. The van der Waals surface area contributed by atoms with Crippen LogP contribution in [0.5, 0.6) is 0 Å². The summed E-state index contributed by atoms with van der Waals surface area (Å²) in [6.07, 6.45) is 3.35. The highest BCUT2D eigenvalue weighted by molar-refractivity contribution is 7.99. The lowest BCUT2D eigenvalue weighted by Gasteiger charge is -2.10. The topological polar surface area (TPSA) is 140 Å². The molecule has 0 bridgehead atoms. The summed E-state index contributed by atoms with van der Waals surface area (Å²) in [7, 11) is 0. The summed E-state index contributed by atoms with van der Waals surface area (Å²) in [6.45, 7) is 2.03. The van der Waals surface area contributed by atoms with E-state index in [1.807, 2.05) is 6.92 Å². The van der Waals surface area contributed by atoms with E-state index in [4.69, 9.17) is 5.73 Å². The third-order valence-corrected chi connectivity index (χ3v) is 4.55. The van der Waals surface area contributed by atoms with Gasteiger partial charge in [-0.25, -0.2) is 9.78 Å². The molecule has 0 radical (unpaired) electrons. The maximum Gasteiger partial charge on any atom is 0.330 e. The first kappa shape index (κ1) is 16.5. The molecular weight excluding hydrogens is 332 g/mol. The number of H-pyrrole nitrogens is 2. The molecule has 24 heavy (non-hydrogen) atoms. The Labute approximate surface area is 141 Å². The molecule has 9 nitrogen and oxygen atoms in total. The highest BCUT2D eigenvalue weighted by atomic mass is 32.2. The molecule has 2 aromatic heterocycles. The van der Waals surface area contributed by atoms with Crippen molar-refractivity contribution < 1.29 is 4.79 Å². The van der Waals surface area contributed by atoms with Crippen LogP contribution in [0.4, 0.5) is 5.82 Å². The molecule has 1 fully saturated rings. The molecule has 0 spiro atoms. The zero-order valence-corrected chi connectivity index (χ0v) is 14.0. The average molecular weight is 350 g/mol. The van der Waals surface area contributed by atoms with Crippen molar-refractivity contribution in [2.75, 3.05) is 11.5 Å². The molecular formula is C14H18N6O3S. The Morgan fingerprint density at radius 3 is 2.83 bits per heavy atom. The Balaban J connectivity index is 1.78. The summed E-state index contributed by atoms with van der Waals surface area (Å²) in [4.78, 5) is 42.7. The summed E-state index contributed by atoms with van der Waals surface area (Å²) >= 11 is 1.12.